The third kappa shape index (κ3) is 7.31. The molecule has 0 atom stereocenters. The topological polar surface area (TPSA) is 67.8 Å². The Hall–Kier alpha value is -1.75. The molecule has 5 heteroatoms. The van der Waals surface area contributed by atoms with Gasteiger partial charge >= 0.3 is 5.97 Å². The van der Waals surface area contributed by atoms with Crippen molar-refractivity contribution in [2.24, 2.45) is 0 Å². The van der Waals surface area contributed by atoms with Crippen molar-refractivity contribution in [1.82, 2.24) is 0 Å². The van der Waals surface area contributed by atoms with E-state index in [1.54, 1.807) is 24.3 Å². The Balaban J connectivity index is 2.06. The Morgan fingerprint density at radius 1 is 1.21 bits per heavy atom. The van der Waals surface area contributed by atoms with E-state index in [4.69, 9.17) is 14.6 Å². The van der Waals surface area contributed by atoms with Gasteiger partial charge < -0.3 is 19.9 Å². The van der Waals surface area contributed by atoms with Gasteiger partial charge in [0.15, 0.2) is 0 Å². The average molecular weight is 267 g/mol. The summed E-state index contributed by atoms with van der Waals surface area (Å²) in [5.74, 6) is -0.135. The quantitative estimate of drug-likeness (QED) is 0.408. The Bertz CT molecular complexity index is 364. The molecular weight excluding hydrogens is 246 g/mol. The van der Waals surface area contributed by atoms with Gasteiger partial charge in [-0.1, -0.05) is 13.3 Å². The maximum absolute atomic E-state index is 11.4. The molecule has 1 rings (SSSR count). The van der Waals surface area contributed by atoms with E-state index in [1.165, 1.54) is 0 Å². The Morgan fingerprint density at radius 3 is 2.63 bits per heavy atom. The molecule has 0 saturated carbocycles. The van der Waals surface area contributed by atoms with Crippen LogP contribution in [0.25, 0.3) is 0 Å². The first kappa shape index (κ1) is 15.3. The predicted octanol–water partition coefficient (Wildman–Crippen LogP) is 2.16. The van der Waals surface area contributed by atoms with Crippen LogP contribution in [-0.2, 0) is 14.3 Å². The molecule has 0 radical (unpaired) electrons. The number of aromatic hydroxyl groups is 1. The molecule has 5 nitrogen and oxygen atoms in total. The minimum atomic E-state index is -0.327. The molecule has 106 valence electrons. The SMILES string of the molecule is CCCCOCCOC(=O)CNc1ccc(O)cc1. The molecule has 0 saturated heterocycles. The second kappa shape index (κ2) is 9.22. The lowest BCUT2D eigenvalue weighted by Crippen LogP contribution is -2.19. The monoisotopic (exact) mass is 267 g/mol. The van der Waals surface area contributed by atoms with Crippen LogP contribution < -0.4 is 5.32 Å². The molecule has 0 aliphatic rings. The van der Waals surface area contributed by atoms with Crippen LogP contribution in [0.4, 0.5) is 5.69 Å². The number of hydrogen-bond donors (Lipinski definition) is 2. The van der Waals surface area contributed by atoms with E-state index in [1.807, 2.05) is 0 Å². The van der Waals surface area contributed by atoms with Gasteiger partial charge in [0.1, 0.15) is 18.9 Å². The zero-order chi connectivity index (χ0) is 13.9. The third-order valence-corrected chi connectivity index (χ3v) is 2.44. The number of benzene rings is 1. The molecule has 0 bridgehead atoms. The summed E-state index contributed by atoms with van der Waals surface area (Å²) in [6.45, 7) is 3.61. The van der Waals surface area contributed by atoms with Crippen molar-refractivity contribution < 1.29 is 19.4 Å². The minimum Gasteiger partial charge on any atom is -0.508 e. The van der Waals surface area contributed by atoms with Crippen LogP contribution in [0.3, 0.4) is 0 Å². The molecule has 0 unspecified atom stereocenters. The van der Waals surface area contributed by atoms with Gasteiger partial charge in [0.25, 0.3) is 0 Å². The predicted molar refractivity (Wildman–Crippen MR) is 73.3 cm³/mol. The molecule has 0 amide bonds. The van der Waals surface area contributed by atoms with Crippen LogP contribution in [0.2, 0.25) is 0 Å². The number of phenols is 1. The van der Waals surface area contributed by atoms with E-state index in [0.717, 1.165) is 18.5 Å². The zero-order valence-corrected chi connectivity index (χ0v) is 11.2. The van der Waals surface area contributed by atoms with E-state index in [2.05, 4.69) is 12.2 Å². The summed E-state index contributed by atoms with van der Waals surface area (Å²) >= 11 is 0. The third-order valence-electron chi connectivity index (χ3n) is 2.44. The normalized spacial score (nSPS) is 10.2. The lowest BCUT2D eigenvalue weighted by Gasteiger charge is -2.07. The lowest BCUT2D eigenvalue weighted by atomic mass is 10.3. The summed E-state index contributed by atoms with van der Waals surface area (Å²) in [6, 6.07) is 6.48. The van der Waals surface area contributed by atoms with E-state index >= 15 is 0 Å². The number of phenolic OH excluding ortho intramolecular Hbond substituents is 1. The Labute approximate surface area is 113 Å². The maximum Gasteiger partial charge on any atom is 0.325 e. The molecule has 0 fully saturated rings. The van der Waals surface area contributed by atoms with Crippen LogP contribution in [0.1, 0.15) is 19.8 Å². The number of unbranched alkanes of at least 4 members (excludes halogenated alkanes) is 1. The molecule has 1 aromatic rings. The fraction of sp³-hybridized carbons (Fsp3) is 0.500. The fourth-order valence-electron chi connectivity index (χ4n) is 1.37. The van der Waals surface area contributed by atoms with Gasteiger partial charge in [-0.05, 0) is 30.7 Å². The molecule has 0 heterocycles. The van der Waals surface area contributed by atoms with E-state index in [-0.39, 0.29) is 24.9 Å². The summed E-state index contributed by atoms with van der Waals surface area (Å²) in [5, 5.41) is 12.0. The van der Waals surface area contributed by atoms with Crippen molar-refractivity contribution in [3.05, 3.63) is 24.3 Å². The highest BCUT2D eigenvalue weighted by atomic mass is 16.6. The highest BCUT2D eigenvalue weighted by Gasteiger charge is 2.02. The summed E-state index contributed by atoms with van der Waals surface area (Å²) in [6.07, 6.45) is 2.12. The van der Waals surface area contributed by atoms with Gasteiger partial charge in [-0.3, -0.25) is 4.79 Å². The van der Waals surface area contributed by atoms with Crippen LogP contribution in [0.15, 0.2) is 24.3 Å². The van der Waals surface area contributed by atoms with E-state index in [0.29, 0.717) is 13.2 Å². The van der Waals surface area contributed by atoms with Gasteiger partial charge in [0.05, 0.1) is 6.61 Å². The lowest BCUT2D eigenvalue weighted by molar-refractivity contribution is -0.143. The number of ether oxygens (including phenoxy) is 2. The van der Waals surface area contributed by atoms with Gasteiger partial charge in [-0.2, -0.15) is 0 Å². The molecule has 0 aliphatic carbocycles. The van der Waals surface area contributed by atoms with Crippen LogP contribution >= 0.6 is 0 Å². The molecule has 0 aliphatic heterocycles. The summed E-state index contributed by atoms with van der Waals surface area (Å²) in [5.41, 5.74) is 0.758. The maximum atomic E-state index is 11.4. The molecule has 0 spiro atoms. The van der Waals surface area contributed by atoms with Crippen molar-refractivity contribution >= 4 is 11.7 Å². The van der Waals surface area contributed by atoms with Crippen molar-refractivity contribution in [3.63, 3.8) is 0 Å². The first-order chi connectivity index (χ1) is 9.22. The highest BCUT2D eigenvalue weighted by molar-refractivity contribution is 5.75. The first-order valence-corrected chi connectivity index (χ1v) is 6.48. The van der Waals surface area contributed by atoms with E-state index < -0.39 is 0 Å². The minimum absolute atomic E-state index is 0.0970. The van der Waals surface area contributed by atoms with Gasteiger partial charge in [0, 0.05) is 12.3 Å². The van der Waals surface area contributed by atoms with Crippen LogP contribution in [0.5, 0.6) is 5.75 Å². The number of rotatable bonds is 9. The fourth-order valence-corrected chi connectivity index (χ4v) is 1.37. The first-order valence-electron chi connectivity index (χ1n) is 6.48. The molecule has 19 heavy (non-hydrogen) atoms. The van der Waals surface area contributed by atoms with Gasteiger partial charge in [-0.15, -0.1) is 0 Å². The van der Waals surface area contributed by atoms with Crippen molar-refractivity contribution in [1.29, 1.82) is 0 Å². The number of nitrogens with one attached hydrogen (secondary N) is 1. The van der Waals surface area contributed by atoms with Gasteiger partial charge in [-0.25, -0.2) is 0 Å². The molecule has 1 aromatic carbocycles. The molecular formula is C14H21NO4. The largest absolute Gasteiger partial charge is 0.508 e. The Morgan fingerprint density at radius 2 is 1.95 bits per heavy atom. The number of hydrogen-bond acceptors (Lipinski definition) is 5. The number of anilines is 1. The van der Waals surface area contributed by atoms with Crippen molar-refractivity contribution in [2.75, 3.05) is 31.7 Å². The highest BCUT2D eigenvalue weighted by Crippen LogP contribution is 2.13. The number of carbonyl (C=O) groups excluding carboxylic acids is 1. The van der Waals surface area contributed by atoms with Crippen molar-refractivity contribution in [3.8, 4) is 5.75 Å². The van der Waals surface area contributed by atoms with Crippen molar-refractivity contribution in [2.45, 2.75) is 19.8 Å². The smallest absolute Gasteiger partial charge is 0.325 e. The summed E-state index contributed by atoms with van der Waals surface area (Å²) in [7, 11) is 0. The zero-order valence-electron chi connectivity index (χ0n) is 11.2. The van der Waals surface area contributed by atoms with Crippen LogP contribution in [0, 0.1) is 0 Å². The van der Waals surface area contributed by atoms with Crippen LogP contribution in [-0.4, -0.2) is 37.4 Å². The summed E-state index contributed by atoms with van der Waals surface area (Å²) < 4.78 is 10.3. The Kier molecular flexibility index (Phi) is 7.43. The number of carbonyl (C=O) groups is 1. The second-order valence-corrected chi connectivity index (χ2v) is 4.09. The molecule has 2 N–H and O–H groups in total. The summed E-state index contributed by atoms with van der Waals surface area (Å²) in [4.78, 5) is 11.4. The van der Waals surface area contributed by atoms with E-state index in [9.17, 15) is 4.79 Å². The molecule has 0 aromatic heterocycles. The average Bonchev–Trinajstić information content (AvgIpc) is 2.42. The standard InChI is InChI=1S/C14H21NO4/c1-2-3-8-18-9-10-19-14(17)11-15-12-4-6-13(16)7-5-12/h4-7,15-16H,2-3,8-11H2,1H3. The van der Waals surface area contributed by atoms with Gasteiger partial charge in [0.2, 0.25) is 0 Å². The number of esters is 1. The second-order valence-electron chi connectivity index (χ2n) is 4.09.